The Kier molecular flexibility index (Phi) is 9.89. The van der Waals surface area contributed by atoms with Crippen molar-refractivity contribution in [1.82, 2.24) is 0 Å². The Morgan fingerprint density at radius 3 is 2.00 bits per heavy atom. The number of esters is 3. The molecule has 0 spiro atoms. The zero-order chi connectivity index (χ0) is 17.9. The predicted molar refractivity (Wildman–Crippen MR) is 82.4 cm³/mol. The maximum Gasteiger partial charge on any atom is 0.323 e. The third kappa shape index (κ3) is 6.40. The zero-order valence-electron chi connectivity index (χ0n) is 14.0. The van der Waals surface area contributed by atoms with Gasteiger partial charge in [0.1, 0.15) is 6.10 Å². The average molecular weight is 330 g/mol. The molecule has 1 atom stereocenters. The number of carbonyl (C=O) groups excluding carboxylic acids is 3. The van der Waals surface area contributed by atoms with Crippen molar-refractivity contribution >= 4 is 17.9 Å². The zero-order valence-corrected chi connectivity index (χ0v) is 14.0. The first-order valence-corrected chi connectivity index (χ1v) is 7.63. The number of carbonyl (C=O) groups is 3. The molecule has 0 aliphatic heterocycles. The molecule has 0 radical (unpaired) electrons. The lowest BCUT2D eigenvalue weighted by molar-refractivity contribution is -0.174. The summed E-state index contributed by atoms with van der Waals surface area (Å²) in [4.78, 5) is 35.7. The summed E-state index contributed by atoms with van der Waals surface area (Å²) in [6.07, 6.45) is 0.834. The Morgan fingerprint density at radius 1 is 1.13 bits per heavy atom. The van der Waals surface area contributed by atoms with Gasteiger partial charge in [-0.2, -0.15) is 0 Å². The second-order valence-electron chi connectivity index (χ2n) is 4.92. The molecule has 7 heteroatoms. The summed E-state index contributed by atoms with van der Waals surface area (Å²) in [7, 11) is 0. The third-order valence-electron chi connectivity index (χ3n) is 3.31. The molecule has 0 amide bonds. The molecular weight excluding hydrogens is 304 g/mol. The number of rotatable bonds is 11. The van der Waals surface area contributed by atoms with Crippen LogP contribution in [0.1, 0.15) is 40.0 Å². The maximum atomic E-state index is 12.3. The van der Waals surface area contributed by atoms with Gasteiger partial charge in [-0.25, -0.2) is 0 Å². The fraction of sp³-hybridized carbons (Fsp3) is 0.688. The van der Waals surface area contributed by atoms with Gasteiger partial charge in [-0.05, 0) is 33.1 Å². The fourth-order valence-electron chi connectivity index (χ4n) is 2.17. The van der Waals surface area contributed by atoms with Gasteiger partial charge in [0.05, 0.1) is 13.2 Å². The highest BCUT2D eigenvalue weighted by Crippen LogP contribution is 2.33. The van der Waals surface area contributed by atoms with E-state index < -0.39 is 29.4 Å². The van der Waals surface area contributed by atoms with Crippen LogP contribution in [0.5, 0.6) is 0 Å². The first-order chi connectivity index (χ1) is 10.9. The van der Waals surface area contributed by atoms with Crippen LogP contribution in [0.15, 0.2) is 12.7 Å². The highest BCUT2D eigenvalue weighted by atomic mass is 16.6. The van der Waals surface area contributed by atoms with Crippen LogP contribution < -0.4 is 0 Å². The molecule has 0 bridgehead atoms. The molecule has 132 valence electrons. The van der Waals surface area contributed by atoms with E-state index in [9.17, 15) is 19.5 Å². The van der Waals surface area contributed by atoms with Gasteiger partial charge in [-0.15, -0.1) is 0 Å². The minimum Gasteiger partial charge on any atom is -0.465 e. The minimum absolute atomic E-state index is 0.00912. The lowest BCUT2D eigenvalue weighted by Crippen LogP contribution is -2.43. The van der Waals surface area contributed by atoms with E-state index in [1.165, 1.54) is 13.0 Å². The van der Waals surface area contributed by atoms with Crippen LogP contribution in [0.4, 0.5) is 0 Å². The van der Waals surface area contributed by atoms with E-state index in [4.69, 9.17) is 14.2 Å². The Bertz CT molecular complexity index is 399. The van der Waals surface area contributed by atoms with Crippen LogP contribution in [0.25, 0.3) is 0 Å². The van der Waals surface area contributed by atoms with Crippen LogP contribution in [0.2, 0.25) is 0 Å². The molecule has 7 nitrogen and oxygen atoms in total. The van der Waals surface area contributed by atoms with Crippen molar-refractivity contribution in [3.8, 4) is 0 Å². The van der Waals surface area contributed by atoms with Gasteiger partial charge in [-0.3, -0.25) is 14.4 Å². The number of hydrogen-bond acceptors (Lipinski definition) is 7. The maximum absolute atomic E-state index is 12.3. The quantitative estimate of drug-likeness (QED) is 0.264. The Hall–Kier alpha value is -1.89. The van der Waals surface area contributed by atoms with Gasteiger partial charge in [0.15, 0.2) is 5.41 Å². The highest BCUT2D eigenvalue weighted by Gasteiger charge is 2.48. The van der Waals surface area contributed by atoms with Gasteiger partial charge < -0.3 is 19.3 Å². The van der Waals surface area contributed by atoms with E-state index in [1.807, 2.05) is 0 Å². The summed E-state index contributed by atoms with van der Waals surface area (Å²) in [5.41, 5.74) is -1.62. The van der Waals surface area contributed by atoms with Gasteiger partial charge in [0.25, 0.3) is 0 Å². The lowest BCUT2D eigenvalue weighted by atomic mass is 9.79. The molecule has 0 fully saturated rings. The van der Waals surface area contributed by atoms with Gasteiger partial charge in [0.2, 0.25) is 0 Å². The van der Waals surface area contributed by atoms with Crippen molar-refractivity contribution in [2.75, 3.05) is 19.8 Å². The first kappa shape index (κ1) is 21.1. The summed E-state index contributed by atoms with van der Waals surface area (Å²) < 4.78 is 15.0. The molecule has 0 rings (SSSR count). The summed E-state index contributed by atoms with van der Waals surface area (Å²) >= 11 is 0. The summed E-state index contributed by atoms with van der Waals surface area (Å²) in [6, 6.07) is 0. The fourth-order valence-corrected chi connectivity index (χ4v) is 2.17. The molecule has 0 aromatic carbocycles. The van der Waals surface area contributed by atoms with Gasteiger partial charge >= 0.3 is 17.9 Å². The molecule has 1 unspecified atom stereocenters. The Labute approximate surface area is 136 Å². The molecule has 0 aromatic rings. The molecule has 0 aliphatic carbocycles. The Morgan fingerprint density at radius 2 is 1.65 bits per heavy atom. The largest absolute Gasteiger partial charge is 0.465 e. The molecule has 1 N–H and O–H groups in total. The molecule has 0 aromatic heterocycles. The summed E-state index contributed by atoms with van der Waals surface area (Å²) in [5, 5.41) is 9.28. The van der Waals surface area contributed by atoms with Crippen molar-refractivity contribution in [2.24, 2.45) is 5.41 Å². The van der Waals surface area contributed by atoms with Crippen LogP contribution in [-0.2, 0) is 28.6 Å². The molecule has 23 heavy (non-hydrogen) atoms. The molecular formula is C16H26O7. The molecule has 0 heterocycles. The molecule has 0 aliphatic rings. The van der Waals surface area contributed by atoms with Crippen molar-refractivity contribution < 1.29 is 33.7 Å². The SMILES string of the molecule is C=CC(CCC(CCO)(C(=O)OCC)C(=O)OCC)OC(C)=O. The Balaban J connectivity index is 5.35. The van der Waals surface area contributed by atoms with Crippen LogP contribution in [-0.4, -0.2) is 48.9 Å². The van der Waals surface area contributed by atoms with E-state index >= 15 is 0 Å². The van der Waals surface area contributed by atoms with Crippen molar-refractivity contribution in [3.05, 3.63) is 12.7 Å². The normalized spacial score (nSPS) is 12.2. The predicted octanol–water partition coefficient (Wildman–Crippen LogP) is 1.38. The van der Waals surface area contributed by atoms with Gasteiger partial charge in [-0.1, -0.05) is 12.7 Å². The van der Waals surface area contributed by atoms with E-state index in [1.54, 1.807) is 13.8 Å². The average Bonchev–Trinajstić information content (AvgIpc) is 2.49. The monoisotopic (exact) mass is 330 g/mol. The lowest BCUT2D eigenvalue weighted by Gasteiger charge is -2.29. The van der Waals surface area contributed by atoms with Crippen LogP contribution >= 0.6 is 0 Å². The van der Waals surface area contributed by atoms with Crippen molar-refractivity contribution in [1.29, 1.82) is 0 Å². The topological polar surface area (TPSA) is 99.1 Å². The first-order valence-electron chi connectivity index (χ1n) is 7.63. The van der Waals surface area contributed by atoms with Crippen molar-refractivity contribution in [2.45, 2.75) is 46.1 Å². The number of aliphatic hydroxyl groups is 1. The van der Waals surface area contributed by atoms with E-state index in [0.29, 0.717) is 0 Å². The van der Waals surface area contributed by atoms with Gasteiger partial charge in [0, 0.05) is 13.5 Å². The van der Waals surface area contributed by atoms with E-state index in [0.717, 1.165) is 0 Å². The number of ether oxygens (including phenoxy) is 3. The van der Waals surface area contributed by atoms with Crippen LogP contribution in [0, 0.1) is 5.41 Å². The number of aliphatic hydroxyl groups excluding tert-OH is 1. The minimum atomic E-state index is -1.62. The smallest absolute Gasteiger partial charge is 0.323 e. The van der Waals surface area contributed by atoms with E-state index in [2.05, 4.69) is 6.58 Å². The summed E-state index contributed by atoms with van der Waals surface area (Å²) in [5.74, 6) is -1.99. The third-order valence-corrected chi connectivity index (χ3v) is 3.31. The second-order valence-corrected chi connectivity index (χ2v) is 4.92. The standard InChI is InChI=1S/C16H26O7/c1-5-13(23-12(4)18)8-9-16(10-11-17,14(19)21-6-2)15(20)22-7-3/h5,13,17H,1,6-11H2,2-4H3. The van der Waals surface area contributed by atoms with Crippen LogP contribution in [0.3, 0.4) is 0 Å². The highest BCUT2D eigenvalue weighted by molar-refractivity contribution is 6.00. The van der Waals surface area contributed by atoms with Crippen molar-refractivity contribution in [3.63, 3.8) is 0 Å². The number of hydrogen-bond donors (Lipinski definition) is 1. The van der Waals surface area contributed by atoms with E-state index in [-0.39, 0.29) is 39.1 Å². The molecule has 0 saturated carbocycles. The summed E-state index contributed by atoms with van der Waals surface area (Å²) in [6.45, 7) is 7.88. The molecule has 0 saturated heterocycles. The second kappa shape index (κ2) is 10.8.